The minimum atomic E-state index is -3.22. The second kappa shape index (κ2) is 4.83. The molecule has 90 valence electrons. The number of hydrogen-bond donors (Lipinski definition) is 0. The van der Waals surface area contributed by atoms with Crippen LogP contribution >= 0.6 is 11.3 Å². The van der Waals surface area contributed by atoms with E-state index in [1.165, 1.54) is 11.3 Å². The van der Waals surface area contributed by atoms with Crippen LogP contribution in [0.2, 0.25) is 0 Å². The fourth-order valence-electron chi connectivity index (χ4n) is 1.83. The second-order valence-corrected chi connectivity index (χ2v) is 6.78. The van der Waals surface area contributed by atoms with Gasteiger partial charge in [0.1, 0.15) is 4.21 Å². The standard InChI is InChI=1S/C10H15NO3S2/c1-14-7-2-5-11-6-3-9-4-8-15-10(9)16(11,12)13/h4,8H,2-3,5-7H2,1H3. The maximum absolute atomic E-state index is 12.2. The minimum Gasteiger partial charge on any atom is -0.385 e. The molecule has 0 radical (unpaired) electrons. The van der Waals surface area contributed by atoms with Gasteiger partial charge in [-0.1, -0.05) is 0 Å². The number of hydrogen-bond acceptors (Lipinski definition) is 4. The van der Waals surface area contributed by atoms with E-state index in [2.05, 4.69) is 0 Å². The Morgan fingerprint density at radius 3 is 3.12 bits per heavy atom. The predicted molar refractivity (Wildman–Crippen MR) is 63.3 cm³/mol. The molecule has 2 heterocycles. The number of fused-ring (bicyclic) bond motifs is 1. The fraction of sp³-hybridized carbons (Fsp3) is 0.600. The Bertz CT molecular complexity index is 452. The normalized spacial score (nSPS) is 19.6. The van der Waals surface area contributed by atoms with Gasteiger partial charge in [0, 0.05) is 26.8 Å². The van der Waals surface area contributed by atoms with Crippen molar-refractivity contribution >= 4 is 21.4 Å². The smallest absolute Gasteiger partial charge is 0.252 e. The third kappa shape index (κ3) is 2.15. The third-order valence-electron chi connectivity index (χ3n) is 2.67. The average molecular weight is 261 g/mol. The van der Waals surface area contributed by atoms with Crippen molar-refractivity contribution in [3.05, 3.63) is 17.0 Å². The number of thiophene rings is 1. The van der Waals surface area contributed by atoms with Gasteiger partial charge in [-0.15, -0.1) is 11.3 Å². The van der Waals surface area contributed by atoms with E-state index >= 15 is 0 Å². The Morgan fingerprint density at radius 1 is 1.56 bits per heavy atom. The molecule has 0 aliphatic carbocycles. The number of rotatable bonds is 4. The van der Waals surface area contributed by atoms with E-state index < -0.39 is 10.0 Å². The van der Waals surface area contributed by atoms with Crippen molar-refractivity contribution in [3.8, 4) is 0 Å². The van der Waals surface area contributed by atoms with Gasteiger partial charge in [-0.25, -0.2) is 8.42 Å². The molecule has 2 rings (SSSR count). The molecule has 1 aliphatic heterocycles. The van der Waals surface area contributed by atoms with Gasteiger partial charge in [0.25, 0.3) is 10.0 Å². The number of sulfonamides is 1. The molecule has 4 nitrogen and oxygen atoms in total. The number of ether oxygens (including phenoxy) is 1. The van der Waals surface area contributed by atoms with Gasteiger partial charge >= 0.3 is 0 Å². The summed E-state index contributed by atoms with van der Waals surface area (Å²) in [5.74, 6) is 0. The summed E-state index contributed by atoms with van der Waals surface area (Å²) in [5, 5.41) is 1.85. The van der Waals surface area contributed by atoms with Gasteiger partial charge < -0.3 is 4.74 Å². The lowest BCUT2D eigenvalue weighted by Gasteiger charge is -2.25. The molecule has 0 fully saturated rings. The van der Waals surface area contributed by atoms with Crippen LogP contribution in [0.3, 0.4) is 0 Å². The van der Waals surface area contributed by atoms with Crippen molar-refractivity contribution in [2.45, 2.75) is 17.1 Å². The zero-order valence-electron chi connectivity index (χ0n) is 9.18. The molecule has 16 heavy (non-hydrogen) atoms. The summed E-state index contributed by atoms with van der Waals surface area (Å²) in [4.78, 5) is 0. The first-order chi connectivity index (χ1) is 7.66. The molecular weight excluding hydrogens is 246 g/mol. The van der Waals surface area contributed by atoms with E-state index in [9.17, 15) is 8.42 Å². The van der Waals surface area contributed by atoms with E-state index in [1.54, 1.807) is 11.4 Å². The molecule has 0 unspecified atom stereocenters. The number of nitrogens with zero attached hydrogens (tertiary/aromatic N) is 1. The van der Waals surface area contributed by atoms with Crippen molar-refractivity contribution < 1.29 is 13.2 Å². The molecular formula is C10H15NO3S2. The van der Waals surface area contributed by atoms with Crippen LogP contribution in [0.5, 0.6) is 0 Å². The van der Waals surface area contributed by atoms with Crippen LogP contribution in [0.1, 0.15) is 12.0 Å². The van der Waals surface area contributed by atoms with E-state index in [4.69, 9.17) is 4.74 Å². The predicted octanol–water partition coefficient (Wildman–Crippen LogP) is 1.33. The summed E-state index contributed by atoms with van der Waals surface area (Å²) >= 11 is 1.31. The van der Waals surface area contributed by atoms with Crippen molar-refractivity contribution in [2.24, 2.45) is 0 Å². The van der Waals surface area contributed by atoms with Crippen LogP contribution in [-0.4, -0.2) is 39.5 Å². The van der Waals surface area contributed by atoms with Crippen LogP contribution in [0.15, 0.2) is 15.7 Å². The Kier molecular flexibility index (Phi) is 3.63. The Labute approximate surface area is 99.9 Å². The van der Waals surface area contributed by atoms with Gasteiger partial charge in [-0.05, 0) is 29.9 Å². The van der Waals surface area contributed by atoms with Gasteiger partial charge in [0.2, 0.25) is 0 Å². The molecule has 6 heteroatoms. The molecule has 1 aromatic rings. The Hall–Kier alpha value is -0.430. The van der Waals surface area contributed by atoms with Crippen LogP contribution < -0.4 is 0 Å². The van der Waals surface area contributed by atoms with Crippen LogP contribution in [0.25, 0.3) is 0 Å². The van der Waals surface area contributed by atoms with Crippen molar-refractivity contribution in [1.82, 2.24) is 4.31 Å². The topological polar surface area (TPSA) is 46.6 Å². The van der Waals surface area contributed by atoms with E-state index in [1.807, 2.05) is 11.4 Å². The molecule has 1 aliphatic rings. The first-order valence-electron chi connectivity index (χ1n) is 5.21. The van der Waals surface area contributed by atoms with Crippen LogP contribution in [-0.2, 0) is 21.2 Å². The SMILES string of the molecule is COCCCN1CCc2ccsc2S1(=O)=O. The highest BCUT2D eigenvalue weighted by Gasteiger charge is 2.31. The van der Waals surface area contributed by atoms with Gasteiger partial charge in [-0.2, -0.15) is 4.31 Å². The van der Waals surface area contributed by atoms with E-state index in [0.717, 1.165) is 18.4 Å². The highest BCUT2D eigenvalue weighted by atomic mass is 32.2. The molecule has 0 bridgehead atoms. The van der Waals surface area contributed by atoms with Gasteiger partial charge in [-0.3, -0.25) is 0 Å². The summed E-state index contributed by atoms with van der Waals surface area (Å²) in [7, 11) is -1.60. The van der Waals surface area contributed by atoms with Crippen LogP contribution in [0.4, 0.5) is 0 Å². The van der Waals surface area contributed by atoms with Crippen molar-refractivity contribution in [3.63, 3.8) is 0 Å². The Morgan fingerprint density at radius 2 is 2.38 bits per heavy atom. The minimum absolute atomic E-state index is 0.524. The van der Waals surface area contributed by atoms with Gasteiger partial charge in [0.05, 0.1) is 0 Å². The average Bonchev–Trinajstić information content (AvgIpc) is 2.71. The maximum atomic E-state index is 12.2. The molecule has 0 N–H and O–H groups in total. The summed E-state index contributed by atoms with van der Waals surface area (Å²) in [6, 6.07) is 1.91. The zero-order valence-corrected chi connectivity index (χ0v) is 10.8. The molecule has 0 saturated carbocycles. The van der Waals surface area contributed by atoms with Crippen molar-refractivity contribution in [2.75, 3.05) is 26.8 Å². The lowest BCUT2D eigenvalue weighted by atomic mass is 10.2. The summed E-state index contributed by atoms with van der Waals surface area (Å²) in [6.45, 7) is 1.74. The molecule has 0 aromatic carbocycles. The van der Waals surface area contributed by atoms with E-state index in [0.29, 0.717) is 23.9 Å². The quantitative estimate of drug-likeness (QED) is 0.768. The summed E-state index contributed by atoms with van der Waals surface area (Å²) < 4.78 is 31.3. The lowest BCUT2D eigenvalue weighted by Crippen LogP contribution is -2.37. The first-order valence-corrected chi connectivity index (χ1v) is 7.53. The fourth-order valence-corrected chi connectivity index (χ4v) is 4.92. The first kappa shape index (κ1) is 12.0. The summed E-state index contributed by atoms with van der Waals surface area (Å²) in [6.07, 6.45) is 1.57. The second-order valence-electron chi connectivity index (χ2n) is 3.73. The molecule has 0 amide bonds. The van der Waals surface area contributed by atoms with Crippen LogP contribution in [0, 0.1) is 0 Å². The van der Waals surface area contributed by atoms with Crippen molar-refractivity contribution in [1.29, 1.82) is 0 Å². The molecule has 1 aromatic heterocycles. The molecule has 0 spiro atoms. The molecule has 0 saturated heterocycles. The number of methoxy groups -OCH3 is 1. The highest BCUT2D eigenvalue weighted by Crippen LogP contribution is 2.30. The van der Waals surface area contributed by atoms with E-state index in [-0.39, 0.29) is 0 Å². The van der Waals surface area contributed by atoms with Gasteiger partial charge in [0.15, 0.2) is 0 Å². The highest BCUT2D eigenvalue weighted by molar-refractivity contribution is 7.91. The monoisotopic (exact) mass is 261 g/mol. The molecule has 0 atom stereocenters. The Balaban J connectivity index is 2.14. The maximum Gasteiger partial charge on any atom is 0.252 e. The lowest BCUT2D eigenvalue weighted by molar-refractivity contribution is 0.187. The zero-order chi connectivity index (χ0) is 11.6. The third-order valence-corrected chi connectivity index (χ3v) is 6.11. The largest absolute Gasteiger partial charge is 0.385 e. The summed E-state index contributed by atoms with van der Waals surface area (Å²) in [5.41, 5.74) is 0.966.